The normalized spacial score (nSPS) is 11.4. The van der Waals surface area contributed by atoms with E-state index >= 15 is 0 Å². The number of esters is 3. The molecule has 0 aliphatic heterocycles. The minimum Gasteiger partial charge on any atom is -0.465 e. The van der Waals surface area contributed by atoms with Crippen molar-refractivity contribution in [2.45, 2.75) is 85.8 Å². The zero-order chi connectivity index (χ0) is 89.4. The van der Waals surface area contributed by atoms with Crippen molar-refractivity contribution in [1.29, 1.82) is 0 Å². The molecule has 0 saturated heterocycles. The molecule has 0 spiro atoms. The highest BCUT2D eigenvalue weighted by atomic mass is 32.2. The molecular weight excluding hydrogens is 1720 g/mol. The average molecular weight is 1810 g/mol. The fourth-order valence-corrected chi connectivity index (χ4v) is 17.9. The van der Waals surface area contributed by atoms with Gasteiger partial charge in [-0.2, -0.15) is 36.6 Å². The molecule has 0 bridgehead atoms. The summed E-state index contributed by atoms with van der Waals surface area (Å²) >= 11 is 3.10. The molecule has 123 heavy (non-hydrogen) atoms. The molecule has 646 valence electrons. The monoisotopic (exact) mass is 1810 g/mol. The standard InChI is InChI=1S/C29H29N3O4S2.C24H28N2O4S.C15H15N5O6S2.C15H17N5O4S2/c1-31(2)21-30-38(34,35)27-17-25(29(33)36-3)16-26(28(27)24-14-15-37-20-24)32(18-22-10-6-4-7-11-22)19-23-12-8-5-9-13-23;1-2-3-14-26-22-15-20(18-29-17-19-10-6-4-7-11-19)16-23(31(25,27)28)24(22)30-21-12-8-5-9-13-21;1-19(2)9-18-28(24,25)12-8-10(14(21)26-3)7-11(20(22)23)13(12)27-15-16-5-4-6-17-15;1-20(2)9-19-26(22,23)12-8-10(14(21)24-3)7-11(16)13(12)25-15-17-5-4-6-18-15/h4-17,20-21H,18-19H2,1-3H3;4-13,15-16,26H,2-3,14,17-18H2,1H3,(H2,25,27,28);4-9H,1-3H3;4-9H,16H2,1-3H3. The number of para-hydroxylation sites is 1. The number of primary sulfonamides is 1. The third kappa shape index (κ3) is 28.8. The maximum Gasteiger partial charge on any atom is 0.338 e. The van der Waals surface area contributed by atoms with Crippen LogP contribution in [0.15, 0.2) is 276 Å². The van der Waals surface area contributed by atoms with Crippen molar-refractivity contribution < 1.29 is 76.7 Å². The van der Waals surface area contributed by atoms with Crippen molar-refractivity contribution in [1.82, 2.24) is 34.6 Å². The van der Waals surface area contributed by atoms with E-state index in [-0.39, 0.29) is 64.4 Å². The van der Waals surface area contributed by atoms with Crippen molar-refractivity contribution >= 4 is 135 Å². The highest BCUT2D eigenvalue weighted by molar-refractivity contribution is 8.00. The number of benzene rings is 8. The first-order valence-corrected chi connectivity index (χ1v) is 45.2. The minimum atomic E-state index is -4.39. The van der Waals surface area contributed by atoms with Crippen LogP contribution in [-0.4, -0.2) is 180 Å². The number of methoxy groups -OCH3 is 3. The quantitative estimate of drug-likeness (QED) is 0.00388. The first-order chi connectivity index (χ1) is 58.6. The van der Waals surface area contributed by atoms with E-state index < -0.39 is 73.5 Å². The Bertz CT molecular complexity index is 5940. The summed E-state index contributed by atoms with van der Waals surface area (Å²) in [4.78, 5) is 68.7. The Balaban J connectivity index is 0.000000206. The Morgan fingerprint density at radius 1 is 0.537 bits per heavy atom. The molecule has 0 unspecified atom stereocenters. The van der Waals surface area contributed by atoms with Crippen LogP contribution in [0.25, 0.3) is 11.1 Å². The van der Waals surface area contributed by atoms with Gasteiger partial charge in [0.25, 0.3) is 35.8 Å². The largest absolute Gasteiger partial charge is 0.465 e. The molecule has 0 amide bonds. The van der Waals surface area contributed by atoms with E-state index in [4.69, 9.17) is 25.1 Å². The number of sulfonamides is 4. The molecule has 0 saturated carbocycles. The van der Waals surface area contributed by atoms with Crippen molar-refractivity contribution in [3.63, 3.8) is 0 Å². The van der Waals surface area contributed by atoms with Gasteiger partial charge in [-0.3, -0.25) is 10.1 Å². The van der Waals surface area contributed by atoms with E-state index in [0.29, 0.717) is 71.4 Å². The van der Waals surface area contributed by atoms with Crippen LogP contribution in [0.2, 0.25) is 0 Å². The predicted octanol–water partition coefficient (Wildman–Crippen LogP) is 13.6. The maximum absolute atomic E-state index is 13.6. The number of carbonyl (C=O) groups is 3. The Morgan fingerprint density at radius 2 is 0.967 bits per heavy atom. The van der Waals surface area contributed by atoms with E-state index in [2.05, 4.69) is 59.7 Å². The van der Waals surface area contributed by atoms with Gasteiger partial charge in [-0.1, -0.05) is 123 Å². The van der Waals surface area contributed by atoms with Crippen LogP contribution in [-0.2, 0) is 85.3 Å². The van der Waals surface area contributed by atoms with Gasteiger partial charge in [-0.15, -0.1) is 13.2 Å². The lowest BCUT2D eigenvalue weighted by Crippen LogP contribution is -2.24. The van der Waals surface area contributed by atoms with Crippen LogP contribution in [0.1, 0.15) is 73.1 Å². The lowest BCUT2D eigenvalue weighted by atomic mass is 10.0. The SMILES string of the molecule is CCCCNc1cc(COCc2ccccc2)cc(S(N)(=O)=O)c1Oc1ccccc1.COC(=O)c1cc(N(Cc2ccccc2)Cc2ccccc2)c(-c2ccsc2)c(S(=O)(=O)N=CN(C)C)c1.COC(=O)c1cc(N)c(Sc2ncccn2)c(S(=O)(=O)N=CN(C)C)c1.COC(=O)c1cc([N+](=O)[O-])c(Sc2ncccn2)c(S(=O)(=O)N=CN(C)C)c1. The second-order valence-electron chi connectivity index (χ2n) is 26.6. The third-order valence-corrected chi connectivity index (χ3v) is 24.1. The second-order valence-corrected chi connectivity index (χ2v) is 35.7. The summed E-state index contributed by atoms with van der Waals surface area (Å²) < 4.78 is 140. The van der Waals surface area contributed by atoms with Crippen molar-refractivity contribution in [2.24, 2.45) is 18.3 Å². The van der Waals surface area contributed by atoms with Gasteiger partial charge in [0.2, 0.25) is 10.0 Å². The summed E-state index contributed by atoms with van der Waals surface area (Å²) in [6.07, 6.45) is 11.2. The highest BCUT2D eigenvalue weighted by Gasteiger charge is 2.33. The molecule has 33 nitrogen and oxygen atoms in total. The van der Waals surface area contributed by atoms with E-state index in [1.165, 1.54) is 96.8 Å². The highest BCUT2D eigenvalue weighted by Crippen LogP contribution is 2.44. The fraction of sp³-hybridized carbons (Fsp3) is 0.205. The second kappa shape index (κ2) is 45.9. The first-order valence-electron chi connectivity index (χ1n) is 36.8. The Kier molecular flexibility index (Phi) is 35.8. The number of nitrogens with one attached hydrogen (secondary N) is 1. The molecular formula is C83H89N15O18S7. The Hall–Kier alpha value is -12.5. The minimum absolute atomic E-state index is 0.00181. The molecule has 0 aliphatic rings. The maximum atomic E-state index is 13.6. The van der Waals surface area contributed by atoms with Crippen LogP contribution < -0.4 is 25.8 Å². The molecule has 40 heteroatoms. The van der Waals surface area contributed by atoms with Gasteiger partial charge in [0.15, 0.2) is 16.1 Å². The van der Waals surface area contributed by atoms with Crippen molar-refractivity contribution in [3.8, 4) is 22.6 Å². The summed E-state index contributed by atoms with van der Waals surface area (Å²) in [6.45, 7) is 4.40. The van der Waals surface area contributed by atoms with Gasteiger partial charge >= 0.3 is 17.9 Å². The van der Waals surface area contributed by atoms with Gasteiger partial charge in [-0.25, -0.2) is 47.9 Å². The number of thiophene rings is 1. The number of nitro groups is 1. The summed E-state index contributed by atoms with van der Waals surface area (Å²) in [6, 6.07) is 54.6. The number of unbranched alkanes of at least 4 members (excludes halogenated alkanes) is 1. The van der Waals surface area contributed by atoms with E-state index in [9.17, 15) is 58.2 Å². The lowest BCUT2D eigenvalue weighted by Gasteiger charge is -2.29. The number of nitrogens with two attached hydrogens (primary N) is 2. The molecule has 0 radical (unpaired) electrons. The van der Waals surface area contributed by atoms with Gasteiger partial charge in [-0.05, 0) is 141 Å². The smallest absolute Gasteiger partial charge is 0.338 e. The number of nitro benzene ring substituents is 1. The molecule has 8 aromatic carbocycles. The number of hydrogen-bond acceptors (Lipinski definition) is 28. The average Bonchev–Trinajstić information content (AvgIpc) is 1.75. The number of carbonyl (C=O) groups excluding carboxylic acids is 3. The number of anilines is 3. The van der Waals surface area contributed by atoms with Crippen LogP contribution in [0.4, 0.5) is 22.7 Å². The Labute approximate surface area is 726 Å². The summed E-state index contributed by atoms with van der Waals surface area (Å²) in [5.41, 5.74) is 11.5. The molecule has 0 fully saturated rings. The summed E-state index contributed by atoms with van der Waals surface area (Å²) in [5.74, 6) is -1.55. The van der Waals surface area contributed by atoms with Gasteiger partial charge in [0.05, 0.1) is 66.7 Å². The van der Waals surface area contributed by atoms with Crippen LogP contribution in [0, 0.1) is 10.1 Å². The third-order valence-electron chi connectivity index (χ3n) is 16.4. The number of rotatable bonds is 34. The zero-order valence-corrected chi connectivity index (χ0v) is 74.0. The molecule has 3 aromatic heterocycles. The molecule has 0 aliphatic carbocycles. The number of aromatic nitrogens is 4. The summed E-state index contributed by atoms with van der Waals surface area (Å²) in [7, 11) is -3.42. The van der Waals surface area contributed by atoms with Crippen molar-refractivity contribution in [3.05, 3.63) is 273 Å². The van der Waals surface area contributed by atoms with E-state index in [1.54, 1.807) is 71.5 Å². The molecule has 0 atom stereocenters. The van der Waals surface area contributed by atoms with E-state index in [1.807, 2.05) is 132 Å². The number of hydrogen-bond donors (Lipinski definition) is 3. The molecule has 11 aromatic rings. The van der Waals surface area contributed by atoms with Crippen LogP contribution in [0.5, 0.6) is 11.5 Å². The van der Waals surface area contributed by atoms with Gasteiger partial charge < -0.3 is 54.3 Å². The predicted molar refractivity (Wildman–Crippen MR) is 474 cm³/mol. The first kappa shape index (κ1) is 95.9. The molecule has 5 N–H and O–H groups in total. The van der Waals surface area contributed by atoms with Crippen molar-refractivity contribution in [2.75, 3.05) is 86.1 Å². The number of nitrogen functional groups attached to an aromatic ring is 1. The molecule has 11 rings (SSSR count). The topological polar surface area (TPSA) is 443 Å². The Morgan fingerprint density at radius 3 is 1.41 bits per heavy atom. The molecule has 3 heterocycles. The van der Waals surface area contributed by atoms with Crippen LogP contribution in [0.3, 0.4) is 0 Å². The number of ether oxygens (including phenoxy) is 5. The number of nitrogens with zero attached hydrogens (tertiary/aromatic N) is 12. The summed E-state index contributed by atoms with van der Waals surface area (Å²) in [5, 5.41) is 24.6. The zero-order valence-electron chi connectivity index (χ0n) is 68.3. The van der Waals surface area contributed by atoms with Gasteiger partial charge in [0, 0.05) is 110 Å². The lowest BCUT2D eigenvalue weighted by molar-refractivity contribution is -0.388. The van der Waals surface area contributed by atoms with Gasteiger partial charge in [0.1, 0.15) is 49.2 Å². The fourth-order valence-electron chi connectivity index (χ4n) is 10.8. The van der Waals surface area contributed by atoms with E-state index in [0.717, 1.165) is 78.8 Å². The van der Waals surface area contributed by atoms with Crippen LogP contribution >= 0.6 is 34.9 Å².